The maximum absolute atomic E-state index is 12.2. The van der Waals surface area contributed by atoms with E-state index in [1.165, 1.54) is 13.3 Å². The first kappa shape index (κ1) is 18.6. The van der Waals surface area contributed by atoms with Crippen LogP contribution in [-0.2, 0) is 9.59 Å². The zero-order valence-corrected chi connectivity index (χ0v) is 15.2. The van der Waals surface area contributed by atoms with Crippen LogP contribution in [0.2, 0.25) is 5.02 Å². The highest BCUT2D eigenvalue weighted by atomic mass is 35.5. The van der Waals surface area contributed by atoms with Gasteiger partial charge in [-0.15, -0.1) is 0 Å². The van der Waals surface area contributed by atoms with Gasteiger partial charge in [-0.3, -0.25) is 9.59 Å². The van der Waals surface area contributed by atoms with Crippen molar-refractivity contribution in [1.29, 1.82) is 0 Å². The number of carbonyl (C=O) groups is 2. The Bertz CT molecular complexity index is 592. The van der Waals surface area contributed by atoms with Gasteiger partial charge in [0.15, 0.2) is 0 Å². The van der Waals surface area contributed by atoms with Crippen LogP contribution in [0.4, 0.5) is 11.4 Å². The molecule has 0 spiro atoms. The number of nitrogens with zero attached hydrogens (tertiary/aromatic N) is 1. The quantitative estimate of drug-likeness (QED) is 0.772. The van der Waals surface area contributed by atoms with E-state index in [1.807, 2.05) is 18.2 Å². The van der Waals surface area contributed by atoms with E-state index < -0.39 is 0 Å². The average molecular weight is 352 g/mol. The number of halogens is 1. The number of hydrogen-bond acceptors (Lipinski definition) is 3. The fourth-order valence-electron chi connectivity index (χ4n) is 3.02. The van der Waals surface area contributed by atoms with Crippen LogP contribution in [-0.4, -0.2) is 31.4 Å². The fourth-order valence-corrected chi connectivity index (χ4v) is 3.19. The smallest absolute Gasteiger partial charge is 0.224 e. The Kier molecular flexibility index (Phi) is 6.91. The lowest BCUT2D eigenvalue weighted by molar-refractivity contribution is -0.119. The van der Waals surface area contributed by atoms with Crippen molar-refractivity contribution < 1.29 is 9.59 Å². The summed E-state index contributed by atoms with van der Waals surface area (Å²) in [6.07, 6.45) is 3.38. The normalized spacial score (nSPS) is 17.5. The number of amides is 2. The van der Waals surface area contributed by atoms with Crippen molar-refractivity contribution in [3.63, 3.8) is 0 Å². The Morgan fingerprint density at radius 1 is 1.38 bits per heavy atom. The summed E-state index contributed by atoms with van der Waals surface area (Å²) < 4.78 is 0. The van der Waals surface area contributed by atoms with E-state index >= 15 is 0 Å². The minimum atomic E-state index is -0.0771. The molecule has 1 fully saturated rings. The van der Waals surface area contributed by atoms with Crippen molar-refractivity contribution in [2.24, 2.45) is 5.92 Å². The first-order chi connectivity index (χ1) is 11.5. The lowest BCUT2D eigenvalue weighted by atomic mass is 9.99. The summed E-state index contributed by atoms with van der Waals surface area (Å²) >= 11 is 6.11. The first-order valence-electron chi connectivity index (χ1n) is 8.54. The summed E-state index contributed by atoms with van der Waals surface area (Å²) in [5.41, 5.74) is 1.79. The summed E-state index contributed by atoms with van der Waals surface area (Å²) in [6, 6.07) is 5.65. The van der Waals surface area contributed by atoms with Gasteiger partial charge in [-0.2, -0.15) is 0 Å². The minimum Gasteiger partial charge on any atom is -0.370 e. The molecule has 2 rings (SSSR count). The number of piperidine rings is 1. The van der Waals surface area contributed by atoms with Gasteiger partial charge in [0, 0.05) is 38.0 Å². The second kappa shape index (κ2) is 8.92. The molecule has 0 radical (unpaired) electrons. The molecule has 1 aliphatic heterocycles. The monoisotopic (exact) mass is 351 g/mol. The Hall–Kier alpha value is -1.75. The Morgan fingerprint density at radius 2 is 2.17 bits per heavy atom. The van der Waals surface area contributed by atoms with E-state index in [2.05, 4.69) is 22.5 Å². The number of anilines is 2. The molecule has 0 aromatic heterocycles. The number of nitrogens with one attached hydrogen (secondary N) is 2. The van der Waals surface area contributed by atoms with E-state index in [0.29, 0.717) is 30.3 Å². The number of hydrogen-bond donors (Lipinski definition) is 2. The third kappa shape index (κ3) is 5.71. The third-order valence-corrected chi connectivity index (χ3v) is 4.42. The summed E-state index contributed by atoms with van der Waals surface area (Å²) in [6.45, 7) is 6.22. The molecular formula is C18H26ClN3O2. The summed E-state index contributed by atoms with van der Waals surface area (Å²) in [5, 5.41) is 6.28. The lowest BCUT2D eigenvalue weighted by Crippen LogP contribution is -2.34. The van der Waals surface area contributed by atoms with Crippen molar-refractivity contribution in [3.05, 3.63) is 23.2 Å². The van der Waals surface area contributed by atoms with Crippen molar-refractivity contribution in [1.82, 2.24) is 5.32 Å². The number of benzene rings is 1. The molecule has 1 saturated heterocycles. The Labute approximate surface area is 148 Å². The topological polar surface area (TPSA) is 61.4 Å². The zero-order valence-electron chi connectivity index (χ0n) is 14.4. The second-order valence-corrected chi connectivity index (χ2v) is 6.93. The maximum atomic E-state index is 12.2. The van der Waals surface area contributed by atoms with Crippen LogP contribution in [0, 0.1) is 5.92 Å². The lowest BCUT2D eigenvalue weighted by Gasteiger charge is -2.34. The van der Waals surface area contributed by atoms with Crippen molar-refractivity contribution >= 4 is 34.8 Å². The Balaban J connectivity index is 1.99. The molecular weight excluding hydrogens is 326 g/mol. The van der Waals surface area contributed by atoms with Crippen LogP contribution in [0.3, 0.4) is 0 Å². The summed E-state index contributed by atoms with van der Waals surface area (Å²) in [4.78, 5) is 25.3. The van der Waals surface area contributed by atoms with Gasteiger partial charge in [-0.1, -0.05) is 18.5 Å². The van der Waals surface area contributed by atoms with E-state index in [4.69, 9.17) is 11.6 Å². The maximum Gasteiger partial charge on any atom is 0.224 e. The molecule has 2 N–H and O–H groups in total. The molecule has 2 amide bonds. The minimum absolute atomic E-state index is 0.0612. The van der Waals surface area contributed by atoms with Crippen LogP contribution in [0.1, 0.15) is 39.5 Å². The molecule has 5 nitrogen and oxygen atoms in total. The molecule has 0 aliphatic carbocycles. The molecule has 1 aliphatic rings. The molecule has 0 bridgehead atoms. The van der Waals surface area contributed by atoms with Gasteiger partial charge >= 0.3 is 0 Å². The van der Waals surface area contributed by atoms with E-state index in [-0.39, 0.29) is 11.8 Å². The summed E-state index contributed by atoms with van der Waals surface area (Å²) in [5.74, 6) is 0.510. The highest BCUT2D eigenvalue weighted by Gasteiger charge is 2.20. The fraction of sp³-hybridized carbons (Fsp3) is 0.556. The van der Waals surface area contributed by atoms with E-state index in [0.717, 1.165) is 30.9 Å². The van der Waals surface area contributed by atoms with Crippen LogP contribution in [0.25, 0.3) is 0 Å². The van der Waals surface area contributed by atoms with Crippen LogP contribution < -0.4 is 15.5 Å². The molecule has 24 heavy (non-hydrogen) atoms. The molecule has 1 heterocycles. The predicted molar refractivity (Wildman–Crippen MR) is 98.6 cm³/mol. The molecule has 1 aromatic carbocycles. The van der Waals surface area contributed by atoms with E-state index in [1.54, 1.807) is 0 Å². The van der Waals surface area contributed by atoms with E-state index in [9.17, 15) is 9.59 Å². The Morgan fingerprint density at radius 3 is 2.88 bits per heavy atom. The molecule has 1 aromatic rings. The SMILES string of the molecule is CC(=O)NCCCC(=O)Nc1cc(Cl)ccc1N1CCCC(C)C1. The van der Waals surface area contributed by atoms with Gasteiger partial charge in [-0.05, 0) is 43.4 Å². The van der Waals surface area contributed by atoms with Gasteiger partial charge in [0.05, 0.1) is 11.4 Å². The number of carbonyl (C=O) groups excluding carboxylic acids is 2. The zero-order chi connectivity index (χ0) is 17.5. The highest BCUT2D eigenvalue weighted by molar-refractivity contribution is 6.31. The largest absolute Gasteiger partial charge is 0.370 e. The van der Waals surface area contributed by atoms with Gasteiger partial charge in [0.25, 0.3) is 0 Å². The van der Waals surface area contributed by atoms with Gasteiger partial charge < -0.3 is 15.5 Å². The molecule has 1 atom stereocenters. The van der Waals surface area contributed by atoms with Crippen LogP contribution >= 0.6 is 11.6 Å². The molecule has 6 heteroatoms. The van der Waals surface area contributed by atoms with Crippen molar-refractivity contribution in [2.75, 3.05) is 29.9 Å². The molecule has 1 unspecified atom stereocenters. The van der Waals surface area contributed by atoms with Gasteiger partial charge in [-0.25, -0.2) is 0 Å². The average Bonchev–Trinajstić information content (AvgIpc) is 2.51. The van der Waals surface area contributed by atoms with Crippen LogP contribution in [0.5, 0.6) is 0 Å². The van der Waals surface area contributed by atoms with Gasteiger partial charge in [0.2, 0.25) is 11.8 Å². The molecule has 132 valence electrons. The van der Waals surface area contributed by atoms with Crippen LogP contribution in [0.15, 0.2) is 18.2 Å². The third-order valence-electron chi connectivity index (χ3n) is 4.18. The second-order valence-electron chi connectivity index (χ2n) is 6.49. The highest BCUT2D eigenvalue weighted by Crippen LogP contribution is 2.32. The number of rotatable bonds is 6. The summed E-state index contributed by atoms with van der Waals surface area (Å²) in [7, 11) is 0. The predicted octanol–water partition coefficient (Wildman–Crippen LogP) is 3.43. The first-order valence-corrected chi connectivity index (χ1v) is 8.92. The standard InChI is InChI=1S/C18H26ClN3O2/c1-13-5-4-10-22(12-13)17-8-7-15(19)11-16(17)21-18(24)6-3-9-20-14(2)23/h7-8,11,13H,3-6,9-10,12H2,1-2H3,(H,20,23)(H,21,24). The van der Waals surface area contributed by atoms with Crippen molar-refractivity contribution in [2.45, 2.75) is 39.5 Å². The van der Waals surface area contributed by atoms with Crippen molar-refractivity contribution in [3.8, 4) is 0 Å². The molecule has 0 saturated carbocycles. The van der Waals surface area contributed by atoms with Gasteiger partial charge in [0.1, 0.15) is 0 Å².